The molecule has 0 spiro atoms. The maximum absolute atomic E-state index is 12.8. The summed E-state index contributed by atoms with van der Waals surface area (Å²) in [7, 11) is -3.68. The molecule has 1 aliphatic rings. The van der Waals surface area contributed by atoms with Crippen molar-refractivity contribution in [1.29, 1.82) is 0 Å². The van der Waals surface area contributed by atoms with Crippen molar-refractivity contribution in [1.82, 2.24) is 18.5 Å². The zero-order chi connectivity index (χ0) is 19.6. The minimum atomic E-state index is -3.68. The first-order valence-corrected chi connectivity index (χ1v) is 11.3. The van der Waals surface area contributed by atoms with Gasteiger partial charge in [-0.15, -0.1) is 5.10 Å². The average molecular weight is 415 g/mol. The van der Waals surface area contributed by atoms with E-state index in [0.717, 1.165) is 20.6 Å². The number of nitrogens with zero attached hydrogens (tertiary/aromatic N) is 4. The Kier molecular flexibility index (Phi) is 5.92. The van der Waals surface area contributed by atoms with Gasteiger partial charge in [0.25, 0.3) is 0 Å². The number of hydrogen-bond donors (Lipinski definition) is 0. The summed E-state index contributed by atoms with van der Waals surface area (Å²) in [6, 6.07) is 2.06. The number of ether oxygens (including phenoxy) is 1. The Hall–Kier alpha value is -1.85. The summed E-state index contributed by atoms with van der Waals surface area (Å²) >= 11 is 1.71. The number of sulfonamides is 1. The van der Waals surface area contributed by atoms with Gasteiger partial charge in [-0.1, -0.05) is 6.92 Å². The predicted molar refractivity (Wildman–Crippen MR) is 101 cm³/mol. The average Bonchev–Trinajstić information content (AvgIpc) is 2.99. The Morgan fingerprint density at radius 3 is 2.63 bits per heavy atom. The fourth-order valence-electron chi connectivity index (χ4n) is 2.94. The number of carbonyl (C=O) groups is 1. The molecule has 1 unspecified atom stereocenters. The smallest absolute Gasteiger partial charge is 0.351 e. The molecule has 148 valence electrons. The molecule has 0 bridgehead atoms. The number of aromatic nitrogens is 3. The highest BCUT2D eigenvalue weighted by atomic mass is 32.2. The van der Waals surface area contributed by atoms with Crippen LogP contribution in [0.1, 0.15) is 26.3 Å². The van der Waals surface area contributed by atoms with Gasteiger partial charge in [-0.05, 0) is 25.5 Å². The molecule has 1 aliphatic heterocycles. The van der Waals surface area contributed by atoms with Crippen molar-refractivity contribution in [3.63, 3.8) is 0 Å². The van der Waals surface area contributed by atoms with Crippen molar-refractivity contribution >= 4 is 33.4 Å². The summed E-state index contributed by atoms with van der Waals surface area (Å²) in [5, 5.41) is 4.18. The first-order chi connectivity index (χ1) is 12.9. The minimum absolute atomic E-state index is 0.0349. The molecule has 1 atom stereocenters. The van der Waals surface area contributed by atoms with Gasteiger partial charge in [0, 0.05) is 30.8 Å². The van der Waals surface area contributed by atoms with Gasteiger partial charge in [0.05, 0.1) is 11.5 Å². The second-order valence-corrected chi connectivity index (χ2v) is 9.18. The highest BCUT2D eigenvalue weighted by molar-refractivity contribution is 7.99. The van der Waals surface area contributed by atoms with Crippen molar-refractivity contribution in [2.45, 2.75) is 31.2 Å². The lowest BCUT2D eigenvalue weighted by Crippen LogP contribution is -2.38. The number of pyridine rings is 1. The Labute approximate surface area is 161 Å². The van der Waals surface area contributed by atoms with Crippen LogP contribution >= 0.6 is 11.8 Å². The van der Waals surface area contributed by atoms with Gasteiger partial charge in [0.1, 0.15) is 0 Å². The van der Waals surface area contributed by atoms with E-state index in [9.17, 15) is 18.0 Å². The number of rotatable bonds is 6. The summed E-state index contributed by atoms with van der Waals surface area (Å²) in [6.45, 7) is 4.53. The van der Waals surface area contributed by atoms with Crippen LogP contribution in [0.3, 0.4) is 0 Å². The van der Waals surface area contributed by atoms with Gasteiger partial charge >= 0.3 is 11.7 Å². The highest BCUT2D eigenvalue weighted by Crippen LogP contribution is 2.20. The molecule has 0 N–H and O–H groups in total. The monoisotopic (exact) mass is 414 g/mol. The molecule has 3 heterocycles. The first kappa shape index (κ1) is 19.9. The van der Waals surface area contributed by atoms with E-state index in [1.165, 1.54) is 22.6 Å². The Balaban J connectivity index is 2.02. The topological polar surface area (TPSA) is 103 Å². The van der Waals surface area contributed by atoms with E-state index >= 15 is 0 Å². The number of thioether (sulfide) groups is 1. The third kappa shape index (κ3) is 3.76. The molecule has 11 heteroatoms. The Morgan fingerprint density at radius 1 is 1.30 bits per heavy atom. The van der Waals surface area contributed by atoms with Crippen LogP contribution in [-0.2, 0) is 19.6 Å². The van der Waals surface area contributed by atoms with Crippen molar-refractivity contribution in [2.24, 2.45) is 0 Å². The van der Waals surface area contributed by atoms with Gasteiger partial charge in [0.2, 0.25) is 10.0 Å². The summed E-state index contributed by atoms with van der Waals surface area (Å²) in [5.74, 6) is 0.956. The minimum Gasteiger partial charge on any atom is -0.464 e. The van der Waals surface area contributed by atoms with Crippen LogP contribution < -0.4 is 5.69 Å². The van der Waals surface area contributed by atoms with Crippen molar-refractivity contribution < 1.29 is 17.9 Å². The van der Waals surface area contributed by atoms with Crippen LogP contribution in [0, 0.1) is 0 Å². The van der Waals surface area contributed by atoms with E-state index in [1.807, 2.05) is 0 Å². The molecule has 9 nitrogen and oxygen atoms in total. The lowest BCUT2D eigenvalue weighted by molar-refractivity contribution is -0.147. The van der Waals surface area contributed by atoms with Gasteiger partial charge < -0.3 is 4.74 Å². The zero-order valence-electron chi connectivity index (χ0n) is 15.2. The molecule has 0 amide bonds. The first-order valence-electron chi connectivity index (χ1n) is 8.75. The van der Waals surface area contributed by atoms with Crippen LogP contribution in [0.25, 0.3) is 5.65 Å². The van der Waals surface area contributed by atoms with Crippen molar-refractivity contribution in [2.75, 3.05) is 31.2 Å². The lowest BCUT2D eigenvalue weighted by Gasteiger charge is -2.25. The molecule has 2 aromatic rings. The predicted octanol–water partition coefficient (Wildman–Crippen LogP) is 0.748. The third-order valence-electron chi connectivity index (χ3n) is 4.36. The normalized spacial score (nSPS) is 17.1. The van der Waals surface area contributed by atoms with Gasteiger partial charge in [-0.3, -0.25) is 0 Å². The maximum Gasteiger partial charge on any atom is 0.351 e. The Bertz CT molecular complexity index is 992. The largest absolute Gasteiger partial charge is 0.464 e. The molecule has 0 aromatic carbocycles. The van der Waals surface area contributed by atoms with Crippen molar-refractivity contribution in [3.8, 4) is 0 Å². The lowest BCUT2D eigenvalue weighted by atomic mass is 10.2. The molecule has 27 heavy (non-hydrogen) atoms. The molecule has 0 aliphatic carbocycles. The second-order valence-electron chi connectivity index (χ2n) is 6.01. The van der Waals surface area contributed by atoms with E-state index < -0.39 is 27.7 Å². The van der Waals surface area contributed by atoms with Crippen LogP contribution in [0.15, 0.2) is 28.0 Å². The third-order valence-corrected chi connectivity index (χ3v) is 7.19. The molecule has 1 fully saturated rings. The van der Waals surface area contributed by atoms with Crippen LogP contribution in [0.2, 0.25) is 0 Å². The summed E-state index contributed by atoms with van der Waals surface area (Å²) < 4.78 is 34.3. The standard InChI is InChI=1S/C16H22N4O5S2/c1-3-13(15(21)25-4-2)20-16(22)19-11-12(5-6-14(19)17-20)27(23,24)18-7-9-26-10-8-18/h5-6,11,13H,3-4,7-10H2,1-2H3. The van der Waals surface area contributed by atoms with E-state index in [0.29, 0.717) is 19.5 Å². The Morgan fingerprint density at radius 2 is 2.00 bits per heavy atom. The number of esters is 1. The maximum atomic E-state index is 12.8. The fraction of sp³-hybridized carbons (Fsp3) is 0.562. The van der Waals surface area contributed by atoms with Crippen LogP contribution in [0.4, 0.5) is 0 Å². The van der Waals surface area contributed by atoms with Gasteiger partial charge in [-0.2, -0.15) is 20.7 Å². The summed E-state index contributed by atoms with van der Waals surface area (Å²) in [4.78, 5) is 24.9. The van der Waals surface area contributed by atoms with Crippen LogP contribution in [0.5, 0.6) is 0 Å². The highest BCUT2D eigenvalue weighted by Gasteiger charge is 2.28. The SMILES string of the molecule is CCOC(=O)C(CC)n1nc2ccc(S(=O)(=O)N3CCSCC3)cn2c1=O. The van der Waals surface area contributed by atoms with Crippen LogP contribution in [-0.4, -0.2) is 64.1 Å². The van der Waals surface area contributed by atoms with E-state index in [-0.39, 0.29) is 17.1 Å². The van der Waals surface area contributed by atoms with Gasteiger partial charge in [0.15, 0.2) is 11.7 Å². The van der Waals surface area contributed by atoms with E-state index in [2.05, 4.69) is 5.10 Å². The van der Waals surface area contributed by atoms with Gasteiger partial charge in [-0.25, -0.2) is 22.4 Å². The quantitative estimate of drug-likeness (QED) is 0.643. The number of fused-ring (bicyclic) bond motifs is 1. The summed E-state index contributed by atoms with van der Waals surface area (Å²) in [6.07, 6.45) is 1.61. The molecular formula is C16H22N4O5S2. The number of hydrogen-bond acceptors (Lipinski definition) is 7. The fourth-order valence-corrected chi connectivity index (χ4v) is 5.52. The molecule has 0 radical (unpaired) electrons. The zero-order valence-corrected chi connectivity index (χ0v) is 16.8. The van der Waals surface area contributed by atoms with E-state index in [4.69, 9.17) is 4.74 Å². The van der Waals surface area contributed by atoms with E-state index in [1.54, 1.807) is 25.6 Å². The second kappa shape index (κ2) is 8.03. The molecule has 0 saturated carbocycles. The summed E-state index contributed by atoms with van der Waals surface area (Å²) in [5.41, 5.74) is -0.299. The molecule has 3 rings (SSSR count). The molecular weight excluding hydrogens is 392 g/mol. The molecule has 2 aromatic heterocycles. The van der Waals surface area contributed by atoms with Crippen molar-refractivity contribution in [3.05, 3.63) is 28.8 Å². The number of carbonyl (C=O) groups excluding carboxylic acids is 1. The molecule has 1 saturated heterocycles.